The number of rotatable bonds is 10. The van der Waals surface area contributed by atoms with Gasteiger partial charge in [0.2, 0.25) is 17.7 Å². The number of thiazole rings is 1. The van der Waals surface area contributed by atoms with Crippen molar-refractivity contribution >= 4 is 69.8 Å². The third kappa shape index (κ3) is 6.55. The van der Waals surface area contributed by atoms with Crippen LogP contribution >= 0.6 is 23.1 Å². The van der Waals surface area contributed by atoms with E-state index in [-0.39, 0.29) is 19.8 Å². The Hall–Kier alpha value is -5.21. The number of fused-ring (bicyclic) bond motifs is 2. The molecule has 0 radical (unpaired) electrons. The minimum absolute atomic E-state index is 0.211. The second-order valence-electron chi connectivity index (χ2n) is 11.8. The van der Waals surface area contributed by atoms with E-state index in [9.17, 15) is 28.8 Å². The first-order valence-corrected chi connectivity index (χ1v) is 17.6. The molecule has 0 aliphatic carbocycles. The summed E-state index contributed by atoms with van der Waals surface area (Å²) in [6, 6.07) is 19.9. The summed E-state index contributed by atoms with van der Waals surface area (Å²) in [4.78, 5) is 82.6. The largest absolute Gasteiger partial charge is 0.462 e. The van der Waals surface area contributed by atoms with Gasteiger partial charge in [-0.15, -0.1) is 0 Å². The Bertz CT molecular complexity index is 2020. The number of benzene rings is 3. The van der Waals surface area contributed by atoms with Crippen LogP contribution in [0.2, 0.25) is 0 Å². The first-order valence-electron chi connectivity index (χ1n) is 15.9. The van der Waals surface area contributed by atoms with Crippen molar-refractivity contribution in [3.63, 3.8) is 0 Å². The lowest BCUT2D eigenvalue weighted by Gasteiger charge is -2.31. The van der Waals surface area contributed by atoms with Crippen LogP contribution in [0.1, 0.15) is 50.9 Å². The van der Waals surface area contributed by atoms with Crippen molar-refractivity contribution in [1.82, 2.24) is 4.57 Å². The lowest BCUT2D eigenvalue weighted by molar-refractivity contribution is -0.122. The number of imide groups is 1. The van der Waals surface area contributed by atoms with Crippen LogP contribution < -0.4 is 20.0 Å². The number of hydrogen-bond donors (Lipinski definition) is 1. The van der Waals surface area contributed by atoms with Crippen LogP contribution in [0.4, 0.5) is 17.1 Å². The summed E-state index contributed by atoms with van der Waals surface area (Å²) in [5.74, 6) is -3.80. The van der Waals surface area contributed by atoms with Crippen molar-refractivity contribution in [3.05, 3.63) is 104 Å². The summed E-state index contributed by atoms with van der Waals surface area (Å²) in [6.07, 6.45) is 0. The Kier molecular flexibility index (Phi) is 9.93. The van der Waals surface area contributed by atoms with Gasteiger partial charge in [0, 0.05) is 36.3 Å². The van der Waals surface area contributed by atoms with Crippen molar-refractivity contribution < 1.29 is 33.4 Å². The fraction of sp³-hybridized carbons (Fsp3) is 0.278. The van der Waals surface area contributed by atoms with Crippen LogP contribution in [0.3, 0.4) is 0 Å². The van der Waals surface area contributed by atoms with Crippen molar-refractivity contribution in [2.75, 3.05) is 42.4 Å². The van der Waals surface area contributed by atoms with E-state index >= 15 is 0 Å². The molecule has 14 heteroatoms. The molecule has 3 atom stereocenters. The third-order valence-corrected chi connectivity index (χ3v) is 11.0. The van der Waals surface area contributed by atoms with Crippen molar-refractivity contribution in [2.24, 2.45) is 5.92 Å². The molecule has 3 aromatic carbocycles. The van der Waals surface area contributed by atoms with Gasteiger partial charge in [0.25, 0.3) is 0 Å². The van der Waals surface area contributed by atoms with E-state index in [4.69, 9.17) is 9.47 Å². The average molecular weight is 715 g/mol. The SMILES string of the molecule is CCOC(=O)c1ccc(NC(=O)Cn2c3c(sc2=O)[C@@H](c2ccc(N(C)C)cc2)[C@@H]2C(=O)N(c4ccc(C(=O)OCC)cc4)C(=O)[C@@H]2S3)cc1. The highest BCUT2D eigenvalue weighted by atomic mass is 32.2. The van der Waals surface area contributed by atoms with Gasteiger partial charge < -0.3 is 19.7 Å². The number of thioether (sulfide) groups is 1. The van der Waals surface area contributed by atoms with Gasteiger partial charge in [-0.25, -0.2) is 14.5 Å². The number of nitrogens with zero attached hydrogens (tertiary/aromatic N) is 3. The Morgan fingerprint density at radius 2 is 1.38 bits per heavy atom. The van der Waals surface area contributed by atoms with E-state index in [0.717, 1.165) is 39.2 Å². The molecular weight excluding hydrogens is 681 g/mol. The Morgan fingerprint density at radius 3 is 1.94 bits per heavy atom. The molecule has 3 amide bonds. The Labute approximate surface area is 296 Å². The molecule has 1 fully saturated rings. The minimum Gasteiger partial charge on any atom is -0.462 e. The summed E-state index contributed by atoms with van der Waals surface area (Å²) in [6.45, 7) is 3.53. The monoisotopic (exact) mass is 714 g/mol. The molecule has 3 heterocycles. The van der Waals surface area contributed by atoms with E-state index in [1.54, 1.807) is 38.1 Å². The van der Waals surface area contributed by atoms with E-state index in [2.05, 4.69) is 5.32 Å². The molecule has 2 aliphatic rings. The van der Waals surface area contributed by atoms with Gasteiger partial charge in [-0.3, -0.25) is 23.7 Å². The molecule has 0 saturated carbocycles. The van der Waals surface area contributed by atoms with Gasteiger partial charge in [-0.2, -0.15) is 0 Å². The number of aromatic nitrogens is 1. The molecular formula is C36H34N4O8S2. The smallest absolute Gasteiger partial charge is 0.338 e. The maximum absolute atomic E-state index is 14.2. The Morgan fingerprint density at radius 1 is 0.800 bits per heavy atom. The van der Waals surface area contributed by atoms with Crippen LogP contribution in [0.15, 0.2) is 82.6 Å². The molecule has 50 heavy (non-hydrogen) atoms. The van der Waals surface area contributed by atoms with Crippen molar-refractivity contribution in [1.29, 1.82) is 0 Å². The zero-order valence-electron chi connectivity index (χ0n) is 27.7. The first kappa shape index (κ1) is 34.6. The standard InChI is InChI=1S/C36H34N4O8S2/c1-5-47-34(44)21-7-13-23(14-8-21)37-26(41)19-39-33-30(50-36(39)46)27(20-9-15-24(16-10-20)38(3)4)28-29(49-33)32(43)40(31(28)42)25-17-11-22(12-18-25)35(45)48-6-2/h7-18,27-29H,5-6,19H2,1-4H3,(H,37,41)/t27-,28-,29+/m0/s1. The van der Waals surface area contributed by atoms with Crippen LogP contribution in [0.25, 0.3) is 0 Å². The highest BCUT2D eigenvalue weighted by molar-refractivity contribution is 8.00. The van der Waals surface area contributed by atoms with Gasteiger partial charge in [0.05, 0.1) is 41.0 Å². The number of esters is 2. The topological polar surface area (TPSA) is 144 Å². The molecule has 0 bridgehead atoms. The predicted molar refractivity (Wildman–Crippen MR) is 190 cm³/mol. The lowest BCUT2D eigenvalue weighted by Crippen LogP contribution is -2.33. The number of hydrogen-bond acceptors (Lipinski definition) is 11. The highest BCUT2D eigenvalue weighted by Crippen LogP contribution is 2.54. The van der Waals surface area contributed by atoms with Gasteiger partial charge >= 0.3 is 16.8 Å². The quantitative estimate of drug-likeness (QED) is 0.180. The fourth-order valence-electron chi connectivity index (χ4n) is 6.06. The summed E-state index contributed by atoms with van der Waals surface area (Å²) >= 11 is 2.07. The number of amides is 3. The van der Waals surface area contributed by atoms with Crippen LogP contribution in [0.5, 0.6) is 0 Å². The van der Waals surface area contributed by atoms with E-state index in [1.165, 1.54) is 28.8 Å². The van der Waals surface area contributed by atoms with Crippen LogP contribution in [0, 0.1) is 5.92 Å². The average Bonchev–Trinajstić information content (AvgIpc) is 3.54. The molecule has 1 N–H and O–H groups in total. The molecule has 12 nitrogen and oxygen atoms in total. The zero-order chi connectivity index (χ0) is 35.7. The second kappa shape index (κ2) is 14.3. The number of carbonyl (C=O) groups excluding carboxylic acids is 5. The van der Waals surface area contributed by atoms with Crippen molar-refractivity contribution in [2.45, 2.75) is 36.6 Å². The molecule has 4 aromatic rings. The number of ether oxygens (including phenoxy) is 2. The minimum atomic E-state index is -0.878. The predicted octanol–water partition coefficient (Wildman–Crippen LogP) is 4.76. The highest BCUT2D eigenvalue weighted by Gasteiger charge is 2.56. The summed E-state index contributed by atoms with van der Waals surface area (Å²) in [5, 5.41) is 2.34. The second-order valence-corrected chi connectivity index (χ2v) is 13.9. The van der Waals surface area contributed by atoms with Gasteiger partial charge in [-0.1, -0.05) is 35.2 Å². The zero-order valence-corrected chi connectivity index (χ0v) is 29.3. The maximum Gasteiger partial charge on any atom is 0.338 e. The lowest BCUT2D eigenvalue weighted by atomic mass is 9.83. The molecule has 0 spiro atoms. The molecule has 2 aliphatic heterocycles. The van der Waals surface area contributed by atoms with Gasteiger partial charge in [0.15, 0.2) is 0 Å². The van der Waals surface area contributed by atoms with E-state index in [1.807, 2.05) is 43.3 Å². The molecule has 1 saturated heterocycles. The number of carbonyl (C=O) groups is 5. The molecule has 1 aromatic heterocycles. The summed E-state index contributed by atoms with van der Waals surface area (Å²) in [5.41, 5.74) is 3.06. The fourth-order valence-corrected chi connectivity index (χ4v) is 8.83. The van der Waals surface area contributed by atoms with Gasteiger partial charge in [0.1, 0.15) is 11.8 Å². The summed E-state index contributed by atoms with van der Waals surface area (Å²) in [7, 11) is 3.83. The van der Waals surface area contributed by atoms with Crippen molar-refractivity contribution in [3.8, 4) is 0 Å². The first-order chi connectivity index (χ1) is 24.0. The maximum atomic E-state index is 14.2. The molecule has 6 rings (SSSR count). The Balaban J connectivity index is 1.33. The third-order valence-electron chi connectivity index (χ3n) is 8.44. The number of nitrogens with one attached hydrogen (secondary N) is 1. The molecule has 0 unspecified atom stereocenters. The summed E-state index contributed by atoms with van der Waals surface area (Å²) < 4.78 is 11.4. The van der Waals surface area contributed by atoms with E-state index in [0.29, 0.717) is 32.4 Å². The van der Waals surface area contributed by atoms with Gasteiger partial charge in [-0.05, 0) is 80.1 Å². The van der Waals surface area contributed by atoms with Crippen LogP contribution in [-0.4, -0.2) is 66.8 Å². The van der Waals surface area contributed by atoms with Crippen LogP contribution in [-0.2, 0) is 30.4 Å². The number of anilines is 3. The normalized spacial score (nSPS) is 17.9. The molecule has 258 valence electrons. The van der Waals surface area contributed by atoms with E-state index < -0.39 is 51.6 Å².